The molecule has 0 spiro atoms. The molecule has 0 saturated carbocycles. The molecule has 0 fully saturated rings. The number of nitrogens with zero attached hydrogens (tertiary/aromatic N) is 1. The number of rotatable bonds is 1. The lowest BCUT2D eigenvalue weighted by molar-refractivity contribution is 0.101. The fourth-order valence-electron chi connectivity index (χ4n) is 1.90. The largest absolute Gasteiger partial charge is 0.295 e. The second-order valence-corrected chi connectivity index (χ2v) is 5.15. The summed E-state index contributed by atoms with van der Waals surface area (Å²) in [5.74, 6) is 0.0860. The van der Waals surface area contributed by atoms with Crippen molar-refractivity contribution in [3.63, 3.8) is 0 Å². The molecule has 1 aromatic carbocycles. The Morgan fingerprint density at radius 3 is 3.12 bits per heavy atom. The fourth-order valence-corrected chi connectivity index (χ4v) is 2.88. The minimum absolute atomic E-state index is 0.0860. The Balaban J connectivity index is 2.09. The van der Waals surface area contributed by atoms with E-state index in [1.165, 1.54) is 4.91 Å². The Kier molecular flexibility index (Phi) is 2.48. The summed E-state index contributed by atoms with van der Waals surface area (Å²) in [6.45, 7) is 1.58. The van der Waals surface area contributed by atoms with Crippen LogP contribution < -0.4 is 0 Å². The molecule has 0 atom stereocenters. The van der Waals surface area contributed by atoms with Crippen molar-refractivity contribution in [1.82, 2.24) is 0 Å². The molecule has 0 radical (unpaired) electrons. The van der Waals surface area contributed by atoms with Crippen molar-refractivity contribution in [2.45, 2.75) is 18.2 Å². The quantitative estimate of drug-likeness (QED) is 0.697. The van der Waals surface area contributed by atoms with Gasteiger partial charge in [0.15, 0.2) is 5.78 Å². The minimum atomic E-state index is 0.0860. The molecule has 2 aliphatic rings. The van der Waals surface area contributed by atoms with Gasteiger partial charge >= 0.3 is 0 Å². The second kappa shape index (κ2) is 4.00. The number of thioether (sulfide) groups is 1. The maximum Gasteiger partial charge on any atom is 0.159 e. The van der Waals surface area contributed by atoms with Crippen molar-refractivity contribution in [3.8, 4) is 0 Å². The summed E-state index contributed by atoms with van der Waals surface area (Å²) in [4.78, 5) is 18.3. The van der Waals surface area contributed by atoms with Crippen LogP contribution in [-0.4, -0.2) is 11.5 Å². The number of hydrogen-bond donors (Lipinski definition) is 0. The molecule has 2 nitrogen and oxygen atoms in total. The molecule has 17 heavy (non-hydrogen) atoms. The third-order valence-corrected chi connectivity index (χ3v) is 3.98. The molecule has 3 heteroatoms. The third kappa shape index (κ3) is 1.87. The van der Waals surface area contributed by atoms with Gasteiger partial charge in [-0.1, -0.05) is 30.0 Å². The first-order chi connectivity index (χ1) is 8.24. The van der Waals surface area contributed by atoms with Gasteiger partial charge in [-0.25, -0.2) is 0 Å². The van der Waals surface area contributed by atoms with Crippen LogP contribution in [0.2, 0.25) is 0 Å². The summed E-state index contributed by atoms with van der Waals surface area (Å²) >= 11 is 1.73. The molecule has 0 unspecified atom stereocenters. The lowest BCUT2D eigenvalue weighted by Gasteiger charge is -2.19. The summed E-state index contributed by atoms with van der Waals surface area (Å²) in [5.41, 5.74) is 2.75. The van der Waals surface area contributed by atoms with Crippen LogP contribution in [0.15, 0.2) is 51.2 Å². The lowest BCUT2D eigenvalue weighted by Crippen LogP contribution is -2.05. The Morgan fingerprint density at radius 2 is 2.29 bits per heavy atom. The van der Waals surface area contributed by atoms with Crippen molar-refractivity contribution in [1.29, 1.82) is 0 Å². The van der Waals surface area contributed by atoms with E-state index < -0.39 is 0 Å². The Morgan fingerprint density at radius 1 is 1.41 bits per heavy atom. The third-order valence-electron chi connectivity index (χ3n) is 2.82. The Hall–Kier alpha value is -1.61. The lowest BCUT2D eigenvalue weighted by atomic mass is 10.1. The predicted molar refractivity (Wildman–Crippen MR) is 71.2 cm³/mol. The highest BCUT2D eigenvalue weighted by Gasteiger charge is 2.18. The first-order valence-corrected chi connectivity index (χ1v) is 6.33. The van der Waals surface area contributed by atoms with E-state index in [0.29, 0.717) is 0 Å². The highest BCUT2D eigenvalue weighted by atomic mass is 32.2. The maximum atomic E-state index is 11.3. The number of ketones is 1. The van der Waals surface area contributed by atoms with Gasteiger partial charge < -0.3 is 0 Å². The molecule has 0 aromatic heterocycles. The number of carbonyl (C=O) groups excluding carboxylic acids is 1. The van der Waals surface area contributed by atoms with Crippen LogP contribution >= 0.6 is 11.8 Å². The molecule has 1 heterocycles. The minimum Gasteiger partial charge on any atom is -0.295 e. The molecule has 1 aliphatic carbocycles. The van der Waals surface area contributed by atoms with Crippen LogP contribution in [0.25, 0.3) is 0 Å². The summed E-state index contributed by atoms with van der Waals surface area (Å²) in [6.07, 6.45) is 7.14. The molecule has 0 N–H and O–H groups in total. The zero-order chi connectivity index (χ0) is 11.8. The fraction of sp³-hybridized carbons (Fsp3) is 0.143. The number of hydrogen-bond acceptors (Lipinski definition) is 3. The van der Waals surface area contributed by atoms with Crippen LogP contribution in [0, 0.1) is 0 Å². The molecule has 1 aromatic rings. The van der Waals surface area contributed by atoms with Crippen molar-refractivity contribution in [2.75, 3.05) is 0 Å². The molecule has 1 aliphatic heterocycles. The van der Waals surface area contributed by atoms with Gasteiger partial charge in [-0.15, -0.1) is 0 Å². The monoisotopic (exact) mass is 241 g/mol. The van der Waals surface area contributed by atoms with Crippen LogP contribution in [0.5, 0.6) is 0 Å². The highest BCUT2D eigenvalue weighted by molar-refractivity contribution is 8.04. The van der Waals surface area contributed by atoms with Gasteiger partial charge in [0.25, 0.3) is 0 Å². The zero-order valence-electron chi connectivity index (χ0n) is 9.43. The van der Waals surface area contributed by atoms with E-state index in [4.69, 9.17) is 0 Å². The summed E-state index contributed by atoms with van der Waals surface area (Å²) in [7, 11) is 0. The average Bonchev–Trinajstić information content (AvgIpc) is 2.35. The number of Topliss-reactive ketones (excluding diaryl/α,β-unsaturated/α-hetero) is 1. The van der Waals surface area contributed by atoms with Gasteiger partial charge in [0.2, 0.25) is 0 Å². The van der Waals surface area contributed by atoms with Crippen molar-refractivity contribution < 1.29 is 4.79 Å². The molecule has 84 valence electrons. The van der Waals surface area contributed by atoms with Gasteiger partial charge in [-0.05, 0) is 25.1 Å². The predicted octanol–water partition coefficient (Wildman–Crippen LogP) is 3.91. The topological polar surface area (TPSA) is 29.4 Å². The number of benzene rings is 1. The van der Waals surface area contributed by atoms with E-state index in [1.54, 1.807) is 18.7 Å². The normalized spacial score (nSPS) is 16.8. The van der Waals surface area contributed by atoms with E-state index in [-0.39, 0.29) is 5.78 Å². The van der Waals surface area contributed by atoms with Crippen molar-refractivity contribution in [3.05, 3.63) is 46.9 Å². The summed E-state index contributed by atoms with van der Waals surface area (Å²) in [5, 5.41) is 0. The molecular weight excluding hydrogens is 230 g/mol. The number of fused-ring (bicyclic) bond motifs is 2. The Bertz CT molecular complexity index is 596. The number of carbonyl (C=O) groups is 1. The molecule has 0 saturated heterocycles. The van der Waals surface area contributed by atoms with Gasteiger partial charge in [0.1, 0.15) is 0 Å². The Labute approximate surface area is 104 Å². The SMILES string of the molecule is CC(=O)c1ccc2c(c1)N=C1CC=CC=C1S2. The van der Waals surface area contributed by atoms with E-state index >= 15 is 0 Å². The van der Waals surface area contributed by atoms with E-state index in [9.17, 15) is 4.79 Å². The van der Waals surface area contributed by atoms with Crippen molar-refractivity contribution >= 4 is 28.9 Å². The molecule has 3 rings (SSSR count). The summed E-state index contributed by atoms with van der Waals surface area (Å²) < 4.78 is 0. The smallest absolute Gasteiger partial charge is 0.159 e. The van der Waals surface area contributed by atoms with Gasteiger partial charge in [0.05, 0.1) is 11.4 Å². The molecule has 0 bridgehead atoms. The van der Waals surface area contributed by atoms with Crippen LogP contribution in [0.4, 0.5) is 5.69 Å². The highest BCUT2D eigenvalue weighted by Crippen LogP contribution is 2.42. The number of aliphatic imine (C=N–C) groups is 1. The second-order valence-electron chi connectivity index (χ2n) is 4.06. The molecule has 0 amide bonds. The molecular formula is C14H11NOS. The van der Waals surface area contributed by atoms with Crippen LogP contribution in [0.3, 0.4) is 0 Å². The average molecular weight is 241 g/mol. The van der Waals surface area contributed by atoms with Gasteiger partial charge in [0, 0.05) is 21.8 Å². The van der Waals surface area contributed by atoms with E-state index in [0.717, 1.165) is 28.3 Å². The summed E-state index contributed by atoms with van der Waals surface area (Å²) in [6, 6.07) is 5.73. The van der Waals surface area contributed by atoms with Crippen molar-refractivity contribution in [2.24, 2.45) is 4.99 Å². The van der Waals surface area contributed by atoms with Crippen LogP contribution in [0.1, 0.15) is 23.7 Å². The van der Waals surface area contributed by atoms with Gasteiger partial charge in [-0.3, -0.25) is 9.79 Å². The number of allylic oxidation sites excluding steroid dienone is 4. The van der Waals surface area contributed by atoms with Crippen LogP contribution in [-0.2, 0) is 0 Å². The first-order valence-electron chi connectivity index (χ1n) is 5.51. The maximum absolute atomic E-state index is 11.3. The van der Waals surface area contributed by atoms with Gasteiger partial charge in [-0.2, -0.15) is 0 Å². The first kappa shape index (κ1) is 10.5. The van der Waals surface area contributed by atoms with E-state index in [1.807, 2.05) is 18.2 Å². The zero-order valence-corrected chi connectivity index (χ0v) is 10.3. The standard InChI is InChI=1S/C14H11NOS/c1-9(16)10-6-7-14-12(8-10)15-11-4-2-3-5-13(11)17-14/h2-3,5-8H,4H2,1H3. The van der Waals surface area contributed by atoms with E-state index in [2.05, 4.69) is 23.2 Å².